The molecule has 1 aromatic heterocycles. The van der Waals surface area contributed by atoms with E-state index in [4.69, 9.17) is 4.74 Å². The van der Waals surface area contributed by atoms with Crippen molar-refractivity contribution in [3.05, 3.63) is 23.5 Å². The molecule has 0 radical (unpaired) electrons. The quantitative estimate of drug-likeness (QED) is 0.565. The van der Waals surface area contributed by atoms with E-state index in [0.717, 1.165) is 37.3 Å². The Balaban J connectivity index is 2.27. The average molecular weight is 218 g/mol. The Morgan fingerprint density at radius 3 is 2.94 bits per heavy atom. The van der Waals surface area contributed by atoms with Crippen LogP contribution in [0.25, 0.3) is 0 Å². The first-order chi connectivity index (χ1) is 7.81. The lowest BCUT2D eigenvalue weighted by molar-refractivity contribution is 0.0853. The standard InChI is InChI=1S/C12H14N2O2/c1-9-12(14-8-15)6-11(7-13-9)10-2-4-16-5-3-10/h6-7,10H,2-5H2,1H3. The second-order valence-corrected chi connectivity index (χ2v) is 3.96. The van der Waals surface area contributed by atoms with Gasteiger partial charge in [0.2, 0.25) is 6.08 Å². The predicted octanol–water partition coefficient (Wildman–Crippen LogP) is 2.25. The van der Waals surface area contributed by atoms with Crippen LogP contribution in [0.3, 0.4) is 0 Å². The van der Waals surface area contributed by atoms with Crippen LogP contribution in [0.1, 0.15) is 30.0 Å². The maximum absolute atomic E-state index is 10.3. The predicted molar refractivity (Wildman–Crippen MR) is 59.5 cm³/mol. The number of aliphatic imine (C=N–C) groups is 1. The van der Waals surface area contributed by atoms with E-state index in [9.17, 15) is 4.79 Å². The number of ether oxygens (including phenoxy) is 1. The third kappa shape index (κ3) is 2.35. The first-order valence-corrected chi connectivity index (χ1v) is 5.43. The van der Waals surface area contributed by atoms with E-state index in [1.807, 2.05) is 19.2 Å². The molecule has 1 aliphatic rings. The van der Waals surface area contributed by atoms with Gasteiger partial charge in [0.25, 0.3) is 0 Å². The number of carbonyl (C=O) groups excluding carboxylic acids is 1. The number of hydrogen-bond donors (Lipinski definition) is 0. The van der Waals surface area contributed by atoms with Crippen LogP contribution in [0.2, 0.25) is 0 Å². The summed E-state index contributed by atoms with van der Waals surface area (Å²) in [6.07, 6.45) is 5.45. The van der Waals surface area contributed by atoms with Gasteiger partial charge in [-0.15, -0.1) is 0 Å². The van der Waals surface area contributed by atoms with E-state index < -0.39 is 0 Å². The van der Waals surface area contributed by atoms with E-state index in [1.165, 1.54) is 0 Å². The highest BCUT2D eigenvalue weighted by Gasteiger charge is 2.17. The largest absolute Gasteiger partial charge is 0.381 e. The van der Waals surface area contributed by atoms with Gasteiger partial charge in [0.15, 0.2) is 0 Å². The fourth-order valence-electron chi connectivity index (χ4n) is 1.95. The molecule has 2 heterocycles. The number of rotatable bonds is 2. The Labute approximate surface area is 94.4 Å². The summed E-state index contributed by atoms with van der Waals surface area (Å²) >= 11 is 0. The molecule has 0 bridgehead atoms. The van der Waals surface area contributed by atoms with E-state index in [0.29, 0.717) is 11.6 Å². The summed E-state index contributed by atoms with van der Waals surface area (Å²) in [5, 5.41) is 0. The number of isocyanates is 1. The van der Waals surface area contributed by atoms with Crippen LogP contribution < -0.4 is 0 Å². The second kappa shape index (κ2) is 5.01. The van der Waals surface area contributed by atoms with Crippen LogP contribution in [0.15, 0.2) is 17.3 Å². The molecule has 0 amide bonds. The first kappa shape index (κ1) is 11.0. The maximum atomic E-state index is 10.3. The highest BCUT2D eigenvalue weighted by atomic mass is 16.5. The van der Waals surface area contributed by atoms with Crippen LogP contribution in [0.5, 0.6) is 0 Å². The molecule has 1 aromatic rings. The van der Waals surface area contributed by atoms with Crippen molar-refractivity contribution in [3.8, 4) is 0 Å². The van der Waals surface area contributed by atoms with Gasteiger partial charge >= 0.3 is 0 Å². The van der Waals surface area contributed by atoms with Crippen LogP contribution in [-0.2, 0) is 9.53 Å². The smallest absolute Gasteiger partial charge is 0.240 e. The Hall–Kier alpha value is -1.51. The zero-order valence-corrected chi connectivity index (χ0v) is 9.27. The molecular formula is C12H14N2O2. The molecule has 84 valence electrons. The van der Waals surface area contributed by atoms with Crippen molar-refractivity contribution in [2.24, 2.45) is 4.99 Å². The van der Waals surface area contributed by atoms with Gasteiger partial charge in [-0.1, -0.05) is 0 Å². The number of hydrogen-bond acceptors (Lipinski definition) is 4. The number of nitrogens with zero attached hydrogens (tertiary/aromatic N) is 2. The van der Waals surface area contributed by atoms with Gasteiger partial charge in [-0.25, -0.2) is 4.79 Å². The minimum atomic E-state index is 0.474. The Bertz CT molecular complexity index is 419. The summed E-state index contributed by atoms with van der Waals surface area (Å²) in [7, 11) is 0. The molecule has 1 fully saturated rings. The molecule has 0 atom stereocenters. The van der Waals surface area contributed by atoms with Gasteiger partial charge in [0.1, 0.15) is 0 Å². The Morgan fingerprint density at radius 2 is 2.25 bits per heavy atom. The van der Waals surface area contributed by atoms with E-state index in [2.05, 4.69) is 9.98 Å². The molecule has 0 spiro atoms. The highest BCUT2D eigenvalue weighted by molar-refractivity contribution is 5.52. The summed E-state index contributed by atoms with van der Waals surface area (Å²) in [5.74, 6) is 0.474. The molecule has 4 heteroatoms. The van der Waals surface area contributed by atoms with Gasteiger partial charge in [-0.3, -0.25) is 4.98 Å². The number of aromatic nitrogens is 1. The minimum absolute atomic E-state index is 0.474. The molecule has 0 saturated carbocycles. The molecule has 0 aromatic carbocycles. The minimum Gasteiger partial charge on any atom is -0.381 e. The normalized spacial score (nSPS) is 16.8. The van der Waals surface area contributed by atoms with E-state index in [-0.39, 0.29) is 0 Å². The molecule has 1 saturated heterocycles. The van der Waals surface area contributed by atoms with Gasteiger partial charge in [-0.2, -0.15) is 4.99 Å². The highest BCUT2D eigenvalue weighted by Crippen LogP contribution is 2.29. The summed E-state index contributed by atoms with van der Waals surface area (Å²) < 4.78 is 5.32. The Morgan fingerprint density at radius 1 is 1.50 bits per heavy atom. The molecule has 2 rings (SSSR count). The molecule has 4 nitrogen and oxygen atoms in total. The SMILES string of the molecule is Cc1ncc(C2CCOCC2)cc1N=C=O. The number of aryl methyl sites for hydroxylation is 1. The summed E-state index contributed by atoms with van der Waals surface area (Å²) in [4.78, 5) is 18.2. The fraction of sp³-hybridized carbons (Fsp3) is 0.500. The van der Waals surface area contributed by atoms with Crippen molar-refractivity contribution in [2.45, 2.75) is 25.7 Å². The molecule has 0 aliphatic carbocycles. The van der Waals surface area contributed by atoms with Gasteiger partial charge in [0.05, 0.1) is 11.4 Å². The maximum Gasteiger partial charge on any atom is 0.240 e. The molecule has 16 heavy (non-hydrogen) atoms. The van der Waals surface area contributed by atoms with Crippen LogP contribution in [0.4, 0.5) is 5.69 Å². The third-order valence-corrected chi connectivity index (χ3v) is 2.94. The van der Waals surface area contributed by atoms with Crippen LogP contribution >= 0.6 is 0 Å². The molecule has 0 N–H and O–H groups in total. The fourth-order valence-corrected chi connectivity index (χ4v) is 1.95. The third-order valence-electron chi connectivity index (χ3n) is 2.94. The summed E-state index contributed by atoms with van der Waals surface area (Å²) in [5.41, 5.74) is 2.53. The van der Waals surface area contributed by atoms with Crippen molar-refractivity contribution in [2.75, 3.05) is 13.2 Å². The van der Waals surface area contributed by atoms with E-state index >= 15 is 0 Å². The van der Waals surface area contributed by atoms with Gasteiger partial charge in [0, 0.05) is 19.4 Å². The van der Waals surface area contributed by atoms with Crippen LogP contribution in [0, 0.1) is 6.92 Å². The first-order valence-electron chi connectivity index (χ1n) is 5.43. The average Bonchev–Trinajstić information content (AvgIpc) is 2.33. The number of pyridine rings is 1. The lowest BCUT2D eigenvalue weighted by atomic mass is 9.92. The van der Waals surface area contributed by atoms with Crippen molar-refractivity contribution in [1.29, 1.82) is 0 Å². The molecular weight excluding hydrogens is 204 g/mol. The summed E-state index contributed by atoms with van der Waals surface area (Å²) in [6, 6.07) is 1.93. The van der Waals surface area contributed by atoms with Gasteiger partial charge in [-0.05, 0) is 37.3 Å². The lowest BCUT2D eigenvalue weighted by Gasteiger charge is -2.22. The second-order valence-electron chi connectivity index (χ2n) is 3.96. The van der Waals surface area contributed by atoms with Crippen molar-refractivity contribution in [1.82, 2.24) is 4.98 Å². The van der Waals surface area contributed by atoms with E-state index in [1.54, 1.807) is 6.08 Å². The zero-order chi connectivity index (χ0) is 11.4. The summed E-state index contributed by atoms with van der Waals surface area (Å²) in [6.45, 7) is 3.43. The molecule has 0 unspecified atom stereocenters. The lowest BCUT2D eigenvalue weighted by Crippen LogP contribution is -2.14. The Kier molecular flexibility index (Phi) is 3.44. The van der Waals surface area contributed by atoms with Crippen molar-refractivity contribution >= 4 is 11.8 Å². The zero-order valence-electron chi connectivity index (χ0n) is 9.27. The monoisotopic (exact) mass is 218 g/mol. The van der Waals surface area contributed by atoms with Crippen molar-refractivity contribution in [3.63, 3.8) is 0 Å². The topological polar surface area (TPSA) is 51.6 Å². The van der Waals surface area contributed by atoms with Crippen LogP contribution in [-0.4, -0.2) is 24.3 Å². The molecule has 1 aliphatic heterocycles. The van der Waals surface area contributed by atoms with Gasteiger partial charge < -0.3 is 4.74 Å². The van der Waals surface area contributed by atoms with Crippen molar-refractivity contribution < 1.29 is 9.53 Å².